The first-order valence-corrected chi connectivity index (χ1v) is 11.9. The standard InChI is InChI=1S/C24H33FSi/c1-18-6-13-23(16-24(18)25)22-14-11-20(12-15-22)5-3-2-4-19-7-9-21(17-26)10-8-19/h6,11-16,19,21H,2-5,7-10,17H2,1,26H3. The summed E-state index contributed by atoms with van der Waals surface area (Å²) in [5, 5.41) is 0. The van der Waals surface area contributed by atoms with Gasteiger partial charge in [-0.15, -0.1) is 0 Å². The van der Waals surface area contributed by atoms with E-state index in [1.54, 1.807) is 13.0 Å². The second kappa shape index (κ2) is 9.50. The summed E-state index contributed by atoms with van der Waals surface area (Å²) < 4.78 is 13.7. The third kappa shape index (κ3) is 5.29. The summed E-state index contributed by atoms with van der Waals surface area (Å²) in [5.41, 5.74) is 4.17. The van der Waals surface area contributed by atoms with Crippen LogP contribution in [0.3, 0.4) is 0 Å². The molecule has 1 fully saturated rings. The van der Waals surface area contributed by atoms with Gasteiger partial charge < -0.3 is 0 Å². The summed E-state index contributed by atoms with van der Waals surface area (Å²) >= 11 is 0. The second-order valence-electron chi connectivity index (χ2n) is 8.20. The summed E-state index contributed by atoms with van der Waals surface area (Å²) in [5.74, 6) is 1.94. The zero-order valence-electron chi connectivity index (χ0n) is 16.4. The molecule has 0 unspecified atom stereocenters. The van der Waals surface area contributed by atoms with E-state index in [1.165, 1.54) is 73.2 Å². The number of hydrogen-bond donors (Lipinski definition) is 0. The molecule has 26 heavy (non-hydrogen) atoms. The van der Waals surface area contributed by atoms with Gasteiger partial charge in [0.05, 0.1) is 0 Å². The van der Waals surface area contributed by atoms with Crippen molar-refractivity contribution in [2.24, 2.45) is 11.8 Å². The van der Waals surface area contributed by atoms with Gasteiger partial charge in [0.1, 0.15) is 5.82 Å². The minimum absolute atomic E-state index is 0.123. The summed E-state index contributed by atoms with van der Waals surface area (Å²) in [6.45, 7) is 1.80. The molecule has 140 valence electrons. The highest BCUT2D eigenvalue weighted by molar-refractivity contribution is 6.08. The molecular weight excluding hydrogens is 335 g/mol. The molecule has 0 aromatic heterocycles. The van der Waals surface area contributed by atoms with Crippen LogP contribution >= 0.6 is 0 Å². The van der Waals surface area contributed by atoms with Crippen LogP contribution in [-0.2, 0) is 6.42 Å². The summed E-state index contributed by atoms with van der Waals surface area (Å²) in [6.07, 6.45) is 11.2. The summed E-state index contributed by atoms with van der Waals surface area (Å²) in [4.78, 5) is 0. The van der Waals surface area contributed by atoms with Gasteiger partial charge in [-0.2, -0.15) is 0 Å². The Kier molecular flexibility index (Phi) is 7.07. The molecule has 1 aliphatic carbocycles. The fourth-order valence-corrected chi connectivity index (χ4v) is 5.14. The molecule has 0 bridgehead atoms. The fourth-order valence-electron chi connectivity index (χ4n) is 4.33. The van der Waals surface area contributed by atoms with Crippen LogP contribution in [0, 0.1) is 24.6 Å². The highest BCUT2D eigenvalue weighted by Gasteiger charge is 2.19. The Bertz CT molecular complexity index is 684. The van der Waals surface area contributed by atoms with E-state index in [1.807, 2.05) is 12.1 Å². The summed E-state index contributed by atoms with van der Waals surface area (Å²) in [7, 11) is 1.38. The molecule has 0 nitrogen and oxygen atoms in total. The largest absolute Gasteiger partial charge is 0.207 e. The predicted octanol–water partition coefficient (Wildman–Crippen LogP) is 6.10. The molecule has 0 aliphatic heterocycles. The molecule has 0 radical (unpaired) electrons. The molecule has 3 rings (SSSR count). The maximum atomic E-state index is 13.7. The Morgan fingerprint density at radius 3 is 2.19 bits per heavy atom. The molecule has 1 aliphatic rings. The van der Waals surface area contributed by atoms with Crippen molar-refractivity contribution < 1.29 is 4.39 Å². The lowest BCUT2D eigenvalue weighted by Gasteiger charge is -2.27. The van der Waals surface area contributed by atoms with Crippen molar-refractivity contribution in [2.75, 3.05) is 0 Å². The average molecular weight is 369 g/mol. The highest BCUT2D eigenvalue weighted by atomic mass is 28.1. The Labute approximate surface area is 161 Å². The maximum absolute atomic E-state index is 13.7. The molecule has 0 saturated heterocycles. The van der Waals surface area contributed by atoms with Crippen molar-refractivity contribution in [3.63, 3.8) is 0 Å². The first-order valence-electron chi connectivity index (χ1n) is 10.5. The van der Waals surface area contributed by atoms with Crippen LogP contribution in [0.2, 0.25) is 6.04 Å². The molecule has 0 N–H and O–H groups in total. The number of unbranched alkanes of at least 4 members (excludes halogenated alkanes) is 1. The van der Waals surface area contributed by atoms with Crippen LogP contribution in [0.5, 0.6) is 0 Å². The van der Waals surface area contributed by atoms with Crippen LogP contribution in [0.4, 0.5) is 4.39 Å². The van der Waals surface area contributed by atoms with E-state index >= 15 is 0 Å². The topological polar surface area (TPSA) is 0 Å². The third-order valence-electron chi connectivity index (χ3n) is 6.33. The predicted molar refractivity (Wildman–Crippen MR) is 114 cm³/mol. The van der Waals surface area contributed by atoms with E-state index in [9.17, 15) is 4.39 Å². The summed E-state index contributed by atoms with van der Waals surface area (Å²) in [6, 6.07) is 15.7. The van der Waals surface area contributed by atoms with Crippen LogP contribution in [0.25, 0.3) is 11.1 Å². The quantitative estimate of drug-likeness (QED) is 0.409. The molecule has 2 aromatic rings. The maximum Gasteiger partial charge on any atom is 0.126 e. The van der Waals surface area contributed by atoms with Crippen molar-refractivity contribution >= 4 is 10.2 Å². The Morgan fingerprint density at radius 1 is 0.885 bits per heavy atom. The second-order valence-corrected chi connectivity index (χ2v) is 9.02. The van der Waals surface area contributed by atoms with Gasteiger partial charge in [0.2, 0.25) is 0 Å². The van der Waals surface area contributed by atoms with Gasteiger partial charge in [0, 0.05) is 10.2 Å². The normalized spacial score (nSPS) is 20.4. The monoisotopic (exact) mass is 368 g/mol. The number of halogens is 1. The Balaban J connectivity index is 1.42. The van der Waals surface area contributed by atoms with Crippen molar-refractivity contribution in [2.45, 2.75) is 64.3 Å². The van der Waals surface area contributed by atoms with E-state index < -0.39 is 0 Å². The van der Waals surface area contributed by atoms with Gasteiger partial charge in [0.15, 0.2) is 0 Å². The third-order valence-corrected chi connectivity index (χ3v) is 7.49. The molecule has 2 aromatic carbocycles. The van der Waals surface area contributed by atoms with Gasteiger partial charge in [0.25, 0.3) is 0 Å². The van der Waals surface area contributed by atoms with Crippen LogP contribution in [-0.4, -0.2) is 10.2 Å². The van der Waals surface area contributed by atoms with Crippen molar-refractivity contribution in [1.82, 2.24) is 0 Å². The Hall–Kier alpha value is -1.41. The number of rotatable bonds is 7. The first kappa shape index (κ1) is 19.4. The zero-order chi connectivity index (χ0) is 18.4. The van der Waals surface area contributed by atoms with Crippen LogP contribution in [0.15, 0.2) is 42.5 Å². The fraction of sp³-hybridized carbons (Fsp3) is 0.500. The molecule has 0 atom stereocenters. The van der Waals surface area contributed by atoms with Gasteiger partial charge in [-0.3, -0.25) is 0 Å². The van der Waals surface area contributed by atoms with E-state index in [0.29, 0.717) is 5.56 Å². The van der Waals surface area contributed by atoms with Gasteiger partial charge in [-0.25, -0.2) is 4.39 Å². The zero-order valence-corrected chi connectivity index (χ0v) is 18.4. The number of hydrogen-bond acceptors (Lipinski definition) is 0. The van der Waals surface area contributed by atoms with Crippen LogP contribution < -0.4 is 0 Å². The molecule has 2 heteroatoms. The van der Waals surface area contributed by atoms with E-state index in [2.05, 4.69) is 24.3 Å². The Morgan fingerprint density at radius 2 is 1.54 bits per heavy atom. The van der Waals surface area contributed by atoms with Crippen molar-refractivity contribution in [3.05, 3.63) is 59.4 Å². The highest BCUT2D eigenvalue weighted by Crippen LogP contribution is 2.33. The van der Waals surface area contributed by atoms with E-state index in [-0.39, 0.29) is 5.82 Å². The lowest BCUT2D eigenvalue weighted by atomic mass is 9.80. The average Bonchev–Trinajstić information content (AvgIpc) is 2.68. The molecule has 0 amide bonds. The van der Waals surface area contributed by atoms with Crippen LogP contribution in [0.1, 0.15) is 56.1 Å². The SMILES string of the molecule is Cc1ccc(-c2ccc(CCCCC3CCC(C[SiH3])CC3)cc2)cc1F. The first-order chi connectivity index (χ1) is 12.7. The smallest absolute Gasteiger partial charge is 0.126 e. The van der Waals surface area contributed by atoms with Gasteiger partial charge in [-0.05, 0) is 59.9 Å². The van der Waals surface area contributed by atoms with Crippen molar-refractivity contribution in [1.29, 1.82) is 0 Å². The van der Waals surface area contributed by atoms with Gasteiger partial charge >= 0.3 is 0 Å². The minimum Gasteiger partial charge on any atom is -0.207 e. The molecular formula is C24H33FSi. The van der Waals surface area contributed by atoms with Crippen molar-refractivity contribution in [3.8, 4) is 11.1 Å². The van der Waals surface area contributed by atoms with E-state index in [4.69, 9.17) is 0 Å². The molecule has 1 saturated carbocycles. The number of benzene rings is 2. The molecule has 0 spiro atoms. The lowest BCUT2D eigenvalue weighted by Crippen LogP contribution is -2.14. The lowest BCUT2D eigenvalue weighted by molar-refractivity contribution is 0.272. The van der Waals surface area contributed by atoms with E-state index in [0.717, 1.165) is 23.0 Å². The van der Waals surface area contributed by atoms with Gasteiger partial charge in [-0.1, -0.05) is 81.0 Å². The minimum atomic E-state index is -0.123. The molecule has 0 heterocycles. The number of aryl methyl sites for hydroxylation is 2.